The van der Waals surface area contributed by atoms with E-state index in [1.165, 1.54) is 31.1 Å². The Morgan fingerprint density at radius 1 is 1.00 bits per heavy atom. The molecule has 3 aromatic carbocycles. The first kappa shape index (κ1) is 28.5. The maximum Gasteiger partial charge on any atom is 0.257 e. The van der Waals surface area contributed by atoms with Gasteiger partial charge in [0.05, 0.1) is 24.1 Å². The van der Waals surface area contributed by atoms with E-state index in [4.69, 9.17) is 9.88 Å². The van der Waals surface area contributed by atoms with E-state index in [9.17, 15) is 27.6 Å². The highest BCUT2D eigenvalue weighted by atomic mass is 32.2. The van der Waals surface area contributed by atoms with Gasteiger partial charge in [0, 0.05) is 24.7 Å². The Morgan fingerprint density at radius 2 is 1.62 bits per heavy atom. The number of amides is 4. The molecule has 0 saturated carbocycles. The molecule has 0 radical (unpaired) electrons. The van der Waals surface area contributed by atoms with E-state index in [1.807, 2.05) is 0 Å². The molecule has 1 saturated heterocycles. The third kappa shape index (κ3) is 6.35. The predicted octanol–water partition coefficient (Wildman–Crippen LogP) is 2.32. The molecular weight excluding hydrogens is 536 g/mol. The number of nitrogens with one attached hydrogen (secondary N) is 1. The molecule has 4 rings (SSSR count). The quantitative estimate of drug-likeness (QED) is 0.378. The minimum absolute atomic E-state index is 0.0425. The molecule has 11 nitrogen and oxygen atoms in total. The van der Waals surface area contributed by atoms with Crippen LogP contribution in [0.1, 0.15) is 29.3 Å². The fraction of sp³-hybridized carbons (Fsp3) is 0.214. The number of nitrogens with zero attached hydrogens (tertiary/aromatic N) is 2. The molecule has 1 atom stereocenters. The van der Waals surface area contributed by atoms with Crippen LogP contribution in [0.3, 0.4) is 0 Å². The van der Waals surface area contributed by atoms with E-state index >= 15 is 0 Å². The SMILES string of the molecule is COc1ccc(C(=O)N(CCc2ccc(S(N)(=O)=O)cc2)C2CC(=O)N(c3ccc(NC(C)=O)cc3)C2=O)cc1. The van der Waals surface area contributed by atoms with Gasteiger partial charge in [0.15, 0.2) is 0 Å². The molecule has 0 bridgehead atoms. The number of primary sulfonamides is 1. The first-order chi connectivity index (χ1) is 19.0. The summed E-state index contributed by atoms with van der Waals surface area (Å²) in [6, 6.07) is 17.5. The van der Waals surface area contributed by atoms with E-state index in [-0.39, 0.29) is 30.2 Å². The van der Waals surface area contributed by atoms with E-state index in [1.54, 1.807) is 60.7 Å². The molecule has 1 unspecified atom stereocenters. The van der Waals surface area contributed by atoms with Gasteiger partial charge in [0.2, 0.25) is 21.8 Å². The minimum atomic E-state index is -3.86. The van der Waals surface area contributed by atoms with Crippen LogP contribution in [0, 0.1) is 0 Å². The Hall–Kier alpha value is -4.55. The van der Waals surface area contributed by atoms with Gasteiger partial charge in [-0.2, -0.15) is 0 Å². The van der Waals surface area contributed by atoms with Crippen LogP contribution in [0.4, 0.5) is 11.4 Å². The van der Waals surface area contributed by atoms with Crippen molar-refractivity contribution in [3.8, 4) is 5.75 Å². The normalized spacial score (nSPS) is 15.2. The Bertz CT molecular complexity index is 1540. The molecule has 0 aromatic heterocycles. The molecular formula is C28H28N4O7S. The van der Waals surface area contributed by atoms with Crippen molar-refractivity contribution in [3.05, 3.63) is 83.9 Å². The largest absolute Gasteiger partial charge is 0.497 e. The zero-order valence-corrected chi connectivity index (χ0v) is 22.7. The average molecular weight is 565 g/mol. The summed E-state index contributed by atoms with van der Waals surface area (Å²) in [4.78, 5) is 53.9. The number of carbonyl (C=O) groups is 4. The van der Waals surface area contributed by atoms with Crippen molar-refractivity contribution in [1.29, 1.82) is 0 Å². The maximum absolute atomic E-state index is 13.6. The van der Waals surface area contributed by atoms with Gasteiger partial charge in [0.25, 0.3) is 11.8 Å². The number of hydrogen-bond donors (Lipinski definition) is 2. The van der Waals surface area contributed by atoms with Gasteiger partial charge in [-0.1, -0.05) is 12.1 Å². The summed E-state index contributed by atoms with van der Waals surface area (Å²) in [5, 5.41) is 7.80. The van der Waals surface area contributed by atoms with Gasteiger partial charge in [-0.15, -0.1) is 0 Å². The predicted molar refractivity (Wildman–Crippen MR) is 147 cm³/mol. The van der Waals surface area contributed by atoms with Gasteiger partial charge >= 0.3 is 0 Å². The van der Waals surface area contributed by atoms with Crippen molar-refractivity contribution in [2.75, 3.05) is 23.9 Å². The maximum atomic E-state index is 13.6. The number of ether oxygens (including phenoxy) is 1. The number of carbonyl (C=O) groups excluding carboxylic acids is 4. The number of anilines is 2. The molecule has 0 spiro atoms. The highest BCUT2D eigenvalue weighted by molar-refractivity contribution is 7.89. The average Bonchev–Trinajstić information content (AvgIpc) is 3.22. The highest BCUT2D eigenvalue weighted by Gasteiger charge is 2.44. The smallest absolute Gasteiger partial charge is 0.257 e. The molecule has 1 fully saturated rings. The lowest BCUT2D eigenvalue weighted by Crippen LogP contribution is -2.46. The number of hydrogen-bond acceptors (Lipinski definition) is 7. The van der Waals surface area contributed by atoms with Crippen LogP contribution in [0.25, 0.3) is 0 Å². The van der Waals surface area contributed by atoms with Crippen LogP contribution < -0.4 is 20.1 Å². The van der Waals surface area contributed by atoms with Crippen LogP contribution in [-0.2, 0) is 30.8 Å². The van der Waals surface area contributed by atoms with Gasteiger partial charge in [-0.05, 0) is 72.6 Å². The summed E-state index contributed by atoms with van der Waals surface area (Å²) < 4.78 is 28.3. The topological polar surface area (TPSA) is 156 Å². The molecule has 3 N–H and O–H groups in total. The Kier molecular flexibility index (Phi) is 8.31. The standard InChI is InChI=1S/C28H28N4O7S/c1-18(33)30-21-7-9-22(10-8-21)32-26(34)17-25(28(32)36)31(27(35)20-5-11-23(39-2)12-6-20)16-15-19-3-13-24(14-4-19)40(29,37)38/h3-14,25H,15-17H2,1-2H3,(H,30,33)(H2,29,37,38). The lowest BCUT2D eigenvalue weighted by molar-refractivity contribution is -0.122. The zero-order valence-electron chi connectivity index (χ0n) is 21.9. The van der Waals surface area contributed by atoms with Crippen molar-refractivity contribution < 1.29 is 32.3 Å². The zero-order chi connectivity index (χ0) is 29.0. The van der Waals surface area contributed by atoms with Crippen molar-refractivity contribution in [1.82, 2.24) is 4.90 Å². The van der Waals surface area contributed by atoms with Crippen molar-refractivity contribution in [3.63, 3.8) is 0 Å². The van der Waals surface area contributed by atoms with Gasteiger partial charge in [-0.3, -0.25) is 19.2 Å². The summed E-state index contributed by atoms with van der Waals surface area (Å²) in [5.41, 5.74) is 1.85. The first-order valence-corrected chi connectivity index (χ1v) is 13.8. The molecule has 40 heavy (non-hydrogen) atoms. The molecule has 1 heterocycles. The van der Waals surface area contributed by atoms with E-state index < -0.39 is 33.8 Å². The van der Waals surface area contributed by atoms with Crippen LogP contribution in [0.15, 0.2) is 77.7 Å². The minimum Gasteiger partial charge on any atom is -0.497 e. The van der Waals surface area contributed by atoms with E-state index in [0.29, 0.717) is 28.3 Å². The molecule has 0 aliphatic carbocycles. The second kappa shape index (κ2) is 11.7. The Labute approximate surface area is 231 Å². The number of methoxy groups -OCH3 is 1. The van der Waals surface area contributed by atoms with Crippen molar-refractivity contribution in [2.24, 2.45) is 5.14 Å². The summed E-state index contributed by atoms with van der Waals surface area (Å²) in [5.74, 6) is -1.17. The van der Waals surface area contributed by atoms with Gasteiger partial charge < -0.3 is 15.0 Å². The number of imide groups is 1. The number of benzene rings is 3. The lowest BCUT2D eigenvalue weighted by Gasteiger charge is -2.28. The highest BCUT2D eigenvalue weighted by Crippen LogP contribution is 2.28. The molecule has 208 valence electrons. The van der Waals surface area contributed by atoms with Crippen LogP contribution in [0.5, 0.6) is 5.75 Å². The number of sulfonamides is 1. The third-order valence-corrected chi connectivity index (χ3v) is 7.37. The first-order valence-electron chi connectivity index (χ1n) is 12.3. The summed E-state index contributed by atoms with van der Waals surface area (Å²) in [7, 11) is -2.35. The summed E-state index contributed by atoms with van der Waals surface area (Å²) in [6.45, 7) is 1.45. The fourth-order valence-electron chi connectivity index (χ4n) is 4.42. The Morgan fingerprint density at radius 3 is 2.17 bits per heavy atom. The molecule has 4 amide bonds. The molecule has 1 aliphatic heterocycles. The molecule has 3 aromatic rings. The van der Waals surface area contributed by atoms with E-state index in [2.05, 4.69) is 5.32 Å². The van der Waals surface area contributed by atoms with Crippen molar-refractivity contribution >= 4 is 45.0 Å². The monoisotopic (exact) mass is 564 g/mol. The molecule has 12 heteroatoms. The van der Waals surface area contributed by atoms with Gasteiger partial charge in [-0.25, -0.2) is 18.5 Å². The summed E-state index contributed by atoms with van der Waals surface area (Å²) in [6.07, 6.45) is 0.0781. The summed E-state index contributed by atoms with van der Waals surface area (Å²) >= 11 is 0. The Balaban J connectivity index is 1.60. The van der Waals surface area contributed by atoms with Crippen LogP contribution >= 0.6 is 0 Å². The second-order valence-corrected chi connectivity index (χ2v) is 10.7. The molecule has 1 aliphatic rings. The number of rotatable bonds is 9. The van der Waals surface area contributed by atoms with Crippen molar-refractivity contribution in [2.45, 2.75) is 30.7 Å². The van der Waals surface area contributed by atoms with E-state index in [0.717, 1.165) is 4.90 Å². The van der Waals surface area contributed by atoms with Crippen LogP contribution in [0.2, 0.25) is 0 Å². The van der Waals surface area contributed by atoms with Crippen LogP contribution in [-0.4, -0.2) is 56.6 Å². The number of nitrogens with two attached hydrogens (primary N) is 1. The van der Waals surface area contributed by atoms with Gasteiger partial charge in [0.1, 0.15) is 11.8 Å². The lowest BCUT2D eigenvalue weighted by atomic mass is 10.1. The second-order valence-electron chi connectivity index (χ2n) is 9.18. The fourth-order valence-corrected chi connectivity index (χ4v) is 4.94. The third-order valence-electron chi connectivity index (χ3n) is 6.44.